The van der Waals surface area contributed by atoms with Gasteiger partial charge >= 0.3 is 0 Å². The first-order valence-electron chi connectivity index (χ1n) is 10.4. The molecule has 0 spiro atoms. The molecule has 0 saturated carbocycles. The maximum absolute atomic E-state index is 12.1. The minimum atomic E-state index is -3.35. The third-order valence-electron chi connectivity index (χ3n) is 4.73. The molecule has 2 aliphatic rings. The molecule has 170 valence electrons. The molecule has 0 unspecified atom stereocenters. The molecule has 2 aliphatic heterocycles. The van der Waals surface area contributed by atoms with Crippen LogP contribution in [0.3, 0.4) is 0 Å². The molecule has 2 saturated heterocycles. The zero-order valence-corrected chi connectivity index (χ0v) is 19.7. The number of allylic oxidation sites excluding steroid dienone is 3. The molecule has 6 nitrogen and oxygen atoms in total. The largest absolute Gasteiger partial charge is 0.376 e. The lowest BCUT2D eigenvalue weighted by Crippen LogP contribution is -2.32. The highest BCUT2D eigenvalue weighted by Crippen LogP contribution is 2.29. The van der Waals surface area contributed by atoms with Gasteiger partial charge in [-0.15, -0.1) is 0 Å². The van der Waals surface area contributed by atoms with Crippen molar-refractivity contribution < 1.29 is 27.4 Å². The molecular weight excluding hydrogens is 404 g/mol. The summed E-state index contributed by atoms with van der Waals surface area (Å²) in [5, 5.41) is 0. The van der Waals surface area contributed by atoms with Gasteiger partial charge in [-0.3, -0.25) is 0 Å². The highest BCUT2D eigenvalue weighted by atomic mass is 32.2. The van der Waals surface area contributed by atoms with Crippen molar-refractivity contribution in [3.63, 3.8) is 0 Å². The lowest BCUT2D eigenvalue weighted by atomic mass is 10.1. The van der Waals surface area contributed by atoms with Crippen molar-refractivity contribution in [2.75, 3.05) is 27.4 Å². The Kier molecular flexibility index (Phi) is 12.1. The van der Waals surface area contributed by atoms with E-state index in [0.29, 0.717) is 23.0 Å². The standard InChI is InChI=1S/C13H16O2S.C8H14O4.C2H6/c1-3-5-9-12(4-2)16(14,15)13-10-7-6-8-11-13;1-9-5-3-11-8-6(10-2)4-12-7(5)8;1-2/h4-11H,3H2,1-2H3;5-8H,3-4H2,1-2H3;1-2H3/b9-5-,12-4+;;/t;5-,6-,7-,8-;/m.1./s1. The molecule has 1 aromatic carbocycles. The number of fused-ring (bicyclic) bond motifs is 1. The van der Waals surface area contributed by atoms with Crippen LogP contribution < -0.4 is 0 Å². The highest BCUT2D eigenvalue weighted by molar-refractivity contribution is 7.95. The van der Waals surface area contributed by atoms with Gasteiger partial charge in [0.2, 0.25) is 9.84 Å². The average molecular weight is 441 g/mol. The normalized spacial score (nSPS) is 25.9. The van der Waals surface area contributed by atoms with Gasteiger partial charge in [0.15, 0.2) is 0 Å². The van der Waals surface area contributed by atoms with Crippen molar-refractivity contribution in [1.29, 1.82) is 0 Å². The minimum Gasteiger partial charge on any atom is -0.376 e. The van der Waals surface area contributed by atoms with Crippen LogP contribution in [-0.2, 0) is 28.8 Å². The van der Waals surface area contributed by atoms with Gasteiger partial charge in [-0.2, -0.15) is 0 Å². The van der Waals surface area contributed by atoms with E-state index in [1.165, 1.54) is 0 Å². The summed E-state index contributed by atoms with van der Waals surface area (Å²) in [5.74, 6) is 0. The van der Waals surface area contributed by atoms with Crippen molar-refractivity contribution in [3.05, 3.63) is 53.5 Å². The number of hydrogen-bond acceptors (Lipinski definition) is 6. The first-order valence-corrected chi connectivity index (χ1v) is 11.9. The van der Waals surface area contributed by atoms with Crippen LogP contribution in [0.2, 0.25) is 0 Å². The highest BCUT2D eigenvalue weighted by Gasteiger charge is 2.48. The predicted octanol–water partition coefficient (Wildman–Crippen LogP) is 4.17. The second-order valence-electron chi connectivity index (χ2n) is 6.46. The fourth-order valence-corrected chi connectivity index (χ4v) is 4.52. The van der Waals surface area contributed by atoms with Crippen molar-refractivity contribution in [2.24, 2.45) is 0 Å². The van der Waals surface area contributed by atoms with Gasteiger partial charge < -0.3 is 18.9 Å². The van der Waals surface area contributed by atoms with Gasteiger partial charge in [0.25, 0.3) is 0 Å². The minimum absolute atomic E-state index is 0.0694. The monoisotopic (exact) mass is 440 g/mol. The summed E-state index contributed by atoms with van der Waals surface area (Å²) < 4.78 is 45.7. The number of sulfone groups is 1. The van der Waals surface area contributed by atoms with Crippen LogP contribution in [0, 0.1) is 0 Å². The van der Waals surface area contributed by atoms with E-state index in [0.717, 1.165) is 6.42 Å². The van der Waals surface area contributed by atoms with Crippen LogP contribution in [0.1, 0.15) is 34.1 Å². The van der Waals surface area contributed by atoms with Gasteiger partial charge in [-0.25, -0.2) is 8.42 Å². The van der Waals surface area contributed by atoms with Gasteiger partial charge in [-0.1, -0.05) is 51.1 Å². The van der Waals surface area contributed by atoms with Crippen LogP contribution in [0.5, 0.6) is 0 Å². The molecule has 3 rings (SSSR count). The zero-order valence-electron chi connectivity index (χ0n) is 18.9. The van der Waals surface area contributed by atoms with Crippen LogP contribution >= 0.6 is 0 Å². The molecule has 0 N–H and O–H groups in total. The smallest absolute Gasteiger partial charge is 0.206 e. The molecule has 0 aliphatic carbocycles. The second kappa shape index (κ2) is 13.7. The Balaban J connectivity index is 0.000000285. The van der Waals surface area contributed by atoms with Crippen molar-refractivity contribution in [2.45, 2.75) is 63.4 Å². The summed E-state index contributed by atoms with van der Waals surface area (Å²) in [4.78, 5) is 0.685. The summed E-state index contributed by atoms with van der Waals surface area (Å²) in [6.07, 6.45) is 6.24. The third kappa shape index (κ3) is 6.75. The number of benzene rings is 1. The van der Waals surface area contributed by atoms with E-state index in [-0.39, 0.29) is 24.4 Å². The van der Waals surface area contributed by atoms with Crippen molar-refractivity contribution in [3.8, 4) is 0 Å². The molecule has 30 heavy (non-hydrogen) atoms. The predicted molar refractivity (Wildman–Crippen MR) is 119 cm³/mol. The van der Waals surface area contributed by atoms with E-state index in [2.05, 4.69) is 0 Å². The fraction of sp³-hybridized carbons (Fsp3) is 0.565. The number of rotatable bonds is 6. The molecule has 2 fully saturated rings. The molecule has 0 amide bonds. The van der Waals surface area contributed by atoms with Crippen LogP contribution in [0.4, 0.5) is 0 Å². The van der Waals surface area contributed by atoms with E-state index in [4.69, 9.17) is 18.9 Å². The quantitative estimate of drug-likeness (QED) is 0.618. The Morgan fingerprint density at radius 1 is 1.03 bits per heavy atom. The summed E-state index contributed by atoms with van der Waals surface area (Å²) in [6.45, 7) is 8.94. The Morgan fingerprint density at radius 2 is 1.53 bits per heavy atom. The number of methoxy groups -OCH3 is 2. The molecule has 7 heteroatoms. The zero-order chi connectivity index (χ0) is 22.6. The molecule has 0 radical (unpaired) electrons. The van der Waals surface area contributed by atoms with Crippen LogP contribution in [0.25, 0.3) is 0 Å². The van der Waals surface area contributed by atoms with Gasteiger partial charge in [-0.05, 0) is 31.6 Å². The third-order valence-corrected chi connectivity index (χ3v) is 6.62. The van der Waals surface area contributed by atoms with Crippen molar-refractivity contribution >= 4 is 9.84 Å². The topological polar surface area (TPSA) is 71.1 Å². The maximum Gasteiger partial charge on any atom is 0.206 e. The van der Waals surface area contributed by atoms with Crippen LogP contribution in [0.15, 0.2) is 58.4 Å². The molecule has 1 aromatic rings. The SMILES string of the molecule is C/C=C(\C=C/CC)S(=O)(=O)c1ccccc1.CC.CO[C@@H]1CO[C@H]2[C@@H]1OC[C@H]2OC. The van der Waals surface area contributed by atoms with Crippen molar-refractivity contribution in [1.82, 2.24) is 0 Å². The number of ether oxygens (including phenoxy) is 4. The van der Waals surface area contributed by atoms with E-state index >= 15 is 0 Å². The second-order valence-corrected chi connectivity index (χ2v) is 8.41. The summed E-state index contributed by atoms with van der Waals surface area (Å²) in [6, 6.07) is 8.47. The molecule has 0 bridgehead atoms. The average Bonchev–Trinajstić information content (AvgIpc) is 3.38. The Labute approximate surface area is 181 Å². The first-order chi connectivity index (χ1) is 14.5. The Morgan fingerprint density at radius 3 is 1.93 bits per heavy atom. The van der Waals surface area contributed by atoms with E-state index in [9.17, 15) is 8.42 Å². The Hall–Kier alpha value is -1.51. The van der Waals surface area contributed by atoms with Gasteiger partial charge in [0.1, 0.15) is 24.4 Å². The maximum atomic E-state index is 12.1. The van der Waals surface area contributed by atoms with E-state index in [1.807, 2.05) is 26.8 Å². The summed E-state index contributed by atoms with van der Waals surface area (Å²) in [5.41, 5.74) is 0. The molecule has 4 atom stereocenters. The Bertz CT molecular complexity index is 739. The first kappa shape index (κ1) is 26.5. The summed E-state index contributed by atoms with van der Waals surface area (Å²) in [7, 11) is 0.0118. The lowest BCUT2D eigenvalue weighted by molar-refractivity contribution is -0.0267. The fourth-order valence-electron chi connectivity index (χ4n) is 3.14. The number of hydrogen-bond donors (Lipinski definition) is 0. The van der Waals surface area contributed by atoms with Gasteiger partial charge in [0, 0.05) is 14.2 Å². The van der Waals surface area contributed by atoms with Gasteiger partial charge in [0.05, 0.1) is 23.0 Å². The van der Waals surface area contributed by atoms with E-state index < -0.39 is 9.84 Å². The van der Waals surface area contributed by atoms with Crippen LogP contribution in [-0.4, -0.2) is 60.3 Å². The lowest BCUT2D eigenvalue weighted by Gasteiger charge is -2.14. The summed E-state index contributed by atoms with van der Waals surface area (Å²) >= 11 is 0. The molecule has 0 aromatic heterocycles. The van der Waals surface area contributed by atoms with E-state index in [1.54, 1.807) is 63.6 Å². The molecule has 2 heterocycles. The molecular formula is C23H36O6S.